The molecule has 4 unspecified atom stereocenters. The van der Waals surface area contributed by atoms with Gasteiger partial charge in [-0.3, -0.25) is 9.59 Å². The molecule has 1 aliphatic carbocycles. The van der Waals surface area contributed by atoms with Gasteiger partial charge in [0, 0.05) is 11.4 Å². The third-order valence-electron chi connectivity index (χ3n) is 6.02. The summed E-state index contributed by atoms with van der Waals surface area (Å²) in [6, 6.07) is 3.74. The highest BCUT2D eigenvalue weighted by molar-refractivity contribution is 7.10. The van der Waals surface area contributed by atoms with Gasteiger partial charge in [-0.1, -0.05) is 13.0 Å². The van der Waals surface area contributed by atoms with Crippen LogP contribution < -0.4 is 0 Å². The van der Waals surface area contributed by atoms with Crippen LogP contribution in [0.15, 0.2) is 28.8 Å². The summed E-state index contributed by atoms with van der Waals surface area (Å²) in [4.78, 5) is 31.7. The number of hydrogen-bond acceptors (Lipinski definition) is 5. The van der Waals surface area contributed by atoms with Crippen molar-refractivity contribution in [2.75, 3.05) is 27.2 Å². The number of rotatable bonds is 5. The number of hydrogen-bond donors (Lipinski definition) is 0. The molecule has 2 aliphatic heterocycles. The summed E-state index contributed by atoms with van der Waals surface area (Å²) in [5, 5.41) is 2.01. The second kappa shape index (κ2) is 7.40. The zero-order chi connectivity index (χ0) is 19.1. The first-order chi connectivity index (χ1) is 13.0. The zero-order valence-corrected chi connectivity index (χ0v) is 17.1. The van der Waals surface area contributed by atoms with Crippen molar-refractivity contribution in [2.45, 2.75) is 44.8 Å². The number of thiophene rings is 1. The normalized spacial score (nSPS) is 30.6. The number of carbonyl (C=O) groups is 2. The van der Waals surface area contributed by atoms with Gasteiger partial charge in [0.1, 0.15) is 6.10 Å². The highest BCUT2D eigenvalue weighted by Crippen LogP contribution is 2.48. The molecular weight excluding hydrogens is 360 g/mol. The van der Waals surface area contributed by atoms with E-state index in [0.29, 0.717) is 23.8 Å². The Morgan fingerprint density at radius 3 is 2.81 bits per heavy atom. The van der Waals surface area contributed by atoms with Crippen LogP contribution in [0.1, 0.15) is 43.5 Å². The summed E-state index contributed by atoms with van der Waals surface area (Å²) in [5.41, 5.74) is 0.614. The lowest BCUT2D eigenvalue weighted by molar-refractivity contribution is -0.136. The second-order valence-electron chi connectivity index (χ2n) is 8.36. The summed E-state index contributed by atoms with van der Waals surface area (Å²) in [6.07, 6.45) is 3.55. The predicted molar refractivity (Wildman–Crippen MR) is 105 cm³/mol. The van der Waals surface area contributed by atoms with E-state index < -0.39 is 0 Å². The van der Waals surface area contributed by atoms with E-state index in [1.54, 1.807) is 11.3 Å². The van der Waals surface area contributed by atoms with Crippen LogP contribution in [0, 0.1) is 11.8 Å². The van der Waals surface area contributed by atoms with E-state index in [-0.39, 0.29) is 29.8 Å². The Morgan fingerprint density at radius 2 is 2.11 bits per heavy atom. The monoisotopic (exact) mass is 388 g/mol. The van der Waals surface area contributed by atoms with E-state index in [4.69, 9.17) is 4.74 Å². The summed E-state index contributed by atoms with van der Waals surface area (Å²) < 4.78 is 6.19. The Kier molecular flexibility index (Phi) is 5.12. The van der Waals surface area contributed by atoms with Crippen LogP contribution in [0.5, 0.6) is 0 Å². The van der Waals surface area contributed by atoms with Crippen molar-refractivity contribution in [3.63, 3.8) is 0 Å². The van der Waals surface area contributed by atoms with Crippen LogP contribution in [0.3, 0.4) is 0 Å². The molecule has 1 saturated carbocycles. The van der Waals surface area contributed by atoms with Gasteiger partial charge in [0.2, 0.25) is 0 Å². The maximum Gasteiger partial charge on any atom is 0.290 e. The number of fused-ring (bicyclic) bond motifs is 1. The molecule has 1 fully saturated rings. The number of Topliss-reactive ketones (excluding diaryl/α,β-unsaturated/α-hetero) is 1. The van der Waals surface area contributed by atoms with Crippen molar-refractivity contribution in [1.29, 1.82) is 0 Å². The molecule has 0 N–H and O–H groups in total. The van der Waals surface area contributed by atoms with E-state index in [1.807, 2.05) is 36.5 Å². The van der Waals surface area contributed by atoms with Gasteiger partial charge >= 0.3 is 0 Å². The lowest BCUT2D eigenvalue weighted by atomic mass is 9.74. The first-order valence-electron chi connectivity index (χ1n) is 9.91. The van der Waals surface area contributed by atoms with Crippen molar-refractivity contribution < 1.29 is 14.3 Å². The van der Waals surface area contributed by atoms with E-state index in [9.17, 15) is 9.59 Å². The molecule has 1 aromatic rings. The predicted octanol–water partition coefficient (Wildman–Crippen LogP) is 3.24. The van der Waals surface area contributed by atoms with Crippen molar-refractivity contribution in [3.8, 4) is 0 Å². The van der Waals surface area contributed by atoms with Crippen LogP contribution in [0.25, 0.3) is 0 Å². The Labute approximate surface area is 165 Å². The second-order valence-corrected chi connectivity index (χ2v) is 9.34. The number of nitrogens with zero attached hydrogens (tertiary/aromatic N) is 2. The molecule has 3 heterocycles. The number of ketones is 1. The molecule has 0 bridgehead atoms. The van der Waals surface area contributed by atoms with Gasteiger partial charge in [-0.15, -0.1) is 11.3 Å². The first kappa shape index (κ1) is 18.7. The smallest absolute Gasteiger partial charge is 0.290 e. The molecule has 4 atom stereocenters. The third-order valence-corrected chi connectivity index (χ3v) is 6.95. The van der Waals surface area contributed by atoms with Crippen molar-refractivity contribution in [1.82, 2.24) is 9.80 Å². The summed E-state index contributed by atoms with van der Waals surface area (Å²) in [7, 11) is 4.06. The Balaban J connectivity index is 1.66. The lowest BCUT2D eigenvalue weighted by Gasteiger charge is -2.37. The molecule has 1 aromatic heterocycles. The largest absolute Gasteiger partial charge is 0.483 e. The first-order valence-corrected chi connectivity index (χ1v) is 10.8. The number of ether oxygens (including phenoxy) is 1. The van der Waals surface area contributed by atoms with Crippen molar-refractivity contribution in [2.24, 2.45) is 11.8 Å². The Bertz CT molecular complexity index is 755. The highest BCUT2D eigenvalue weighted by Gasteiger charge is 2.52. The van der Waals surface area contributed by atoms with E-state index in [1.165, 1.54) is 0 Å². The molecule has 1 amide bonds. The van der Waals surface area contributed by atoms with Crippen LogP contribution in [-0.4, -0.2) is 54.8 Å². The maximum atomic E-state index is 13.4. The van der Waals surface area contributed by atoms with Gasteiger partial charge in [-0.2, -0.15) is 0 Å². The quantitative estimate of drug-likeness (QED) is 0.777. The lowest BCUT2D eigenvalue weighted by Crippen LogP contribution is -2.41. The average molecular weight is 389 g/mol. The number of amides is 1. The molecule has 146 valence electrons. The van der Waals surface area contributed by atoms with Crippen LogP contribution in [0.4, 0.5) is 0 Å². The standard InChI is InChI=1S/C21H28N2O3S/c1-13-7-8-15-14(12-13)19(24)17-18(16-6-4-11-27-16)23(10-5-9-22(2)3)21(25)20(17)26-15/h4,6,11,13-15,18H,5,7-10,12H2,1-3H3. The number of carbonyl (C=O) groups excluding carboxylic acids is 2. The molecule has 0 aromatic carbocycles. The fourth-order valence-corrected chi connectivity index (χ4v) is 5.50. The van der Waals surface area contributed by atoms with Gasteiger partial charge in [0.15, 0.2) is 11.5 Å². The fourth-order valence-electron chi connectivity index (χ4n) is 4.66. The van der Waals surface area contributed by atoms with Gasteiger partial charge in [0.25, 0.3) is 5.91 Å². The molecule has 27 heavy (non-hydrogen) atoms. The van der Waals surface area contributed by atoms with Crippen LogP contribution >= 0.6 is 11.3 Å². The molecule has 0 radical (unpaired) electrons. The van der Waals surface area contributed by atoms with Gasteiger partial charge in [0.05, 0.1) is 17.5 Å². The van der Waals surface area contributed by atoms with E-state index in [0.717, 1.165) is 37.1 Å². The summed E-state index contributed by atoms with van der Waals surface area (Å²) >= 11 is 1.61. The molecule has 3 aliphatic rings. The Hall–Kier alpha value is -1.66. The molecule has 6 heteroatoms. The molecule has 4 rings (SSSR count). The third kappa shape index (κ3) is 3.34. The topological polar surface area (TPSA) is 49.9 Å². The van der Waals surface area contributed by atoms with Crippen LogP contribution in [-0.2, 0) is 14.3 Å². The molecule has 0 saturated heterocycles. The average Bonchev–Trinajstić information content (AvgIpc) is 3.24. The maximum absolute atomic E-state index is 13.4. The Morgan fingerprint density at radius 1 is 1.30 bits per heavy atom. The zero-order valence-electron chi connectivity index (χ0n) is 16.3. The van der Waals surface area contributed by atoms with E-state index >= 15 is 0 Å². The minimum absolute atomic E-state index is 0.0931. The minimum Gasteiger partial charge on any atom is -0.483 e. The van der Waals surface area contributed by atoms with Crippen molar-refractivity contribution >= 4 is 23.0 Å². The van der Waals surface area contributed by atoms with Gasteiger partial charge in [-0.25, -0.2) is 0 Å². The molecule has 5 nitrogen and oxygen atoms in total. The SMILES string of the molecule is CC1CCC2OC3=C(C(=O)C2C1)C(c1cccs1)N(CCCN(C)C)C3=O. The van der Waals surface area contributed by atoms with Gasteiger partial charge in [-0.05, 0) is 63.7 Å². The molecular formula is C21H28N2O3S. The van der Waals surface area contributed by atoms with Gasteiger partial charge < -0.3 is 14.5 Å². The molecule has 0 spiro atoms. The minimum atomic E-state index is -0.277. The summed E-state index contributed by atoms with van der Waals surface area (Å²) in [6.45, 7) is 3.75. The van der Waals surface area contributed by atoms with E-state index in [2.05, 4.69) is 11.8 Å². The highest BCUT2D eigenvalue weighted by atomic mass is 32.1. The van der Waals surface area contributed by atoms with Crippen LogP contribution in [0.2, 0.25) is 0 Å². The van der Waals surface area contributed by atoms with Crippen molar-refractivity contribution in [3.05, 3.63) is 33.7 Å². The summed E-state index contributed by atoms with van der Waals surface area (Å²) in [5.74, 6) is 0.820. The fraction of sp³-hybridized carbons (Fsp3) is 0.619.